The molecular weight excluding hydrogens is 288 g/mol. The number of piperazine rings is 1. The lowest BCUT2D eigenvalue weighted by Crippen LogP contribution is -2.50. The molecule has 23 heavy (non-hydrogen) atoms. The monoisotopic (exact) mass is 322 g/mol. The van der Waals surface area contributed by atoms with E-state index >= 15 is 0 Å². The van der Waals surface area contributed by atoms with E-state index in [1.807, 2.05) is 0 Å². The van der Waals surface area contributed by atoms with Crippen molar-refractivity contribution in [2.75, 3.05) is 65.4 Å². The van der Waals surface area contributed by atoms with Crippen LogP contribution in [0.1, 0.15) is 39.0 Å². The number of carbonyl (C=O) groups is 1. The maximum absolute atomic E-state index is 12.3. The molecule has 0 N–H and O–H groups in total. The van der Waals surface area contributed by atoms with Crippen LogP contribution in [0.4, 0.5) is 0 Å². The highest BCUT2D eigenvalue weighted by Gasteiger charge is 2.30. The summed E-state index contributed by atoms with van der Waals surface area (Å²) in [6, 6.07) is 0.721. The lowest BCUT2D eigenvalue weighted by molar-refractivity contribution is -0.132. The summed E-state index contributed by atoms with van der Waals surface area (Å²) in [6.07, 6.45) is 5.69. The average molecular weight is 322 g/mol. The predicted octanol–water partition coefficient (Wildman–Crippen LogP) is 1.10. The van der Waals surface area contributed by atoms with Gasteiger partial charge in [-0.2, -0.15) is 0 Å². The molecule has 0 aromatic rings. The topological polar surface area (TPSA) is 30.0 Å². The highest BCUT2D eigenvalue weighted by molar-refractivity contribution is 5.76. The van der Waals surface area contributed by atoms with Gasteiger partial charge < -0.3 is 14.7 Å². The highest BCUT2D eigenvalue weighted by atomic mass is 16.2. The largest absolute Gasteiger partial charge is 0.343 e. The fourth-order valence-corrected chi connectivity index (χ4v) is 4.31. The van der Waals surface area contributed by atoms with E-state index in [1.165, 1.54) is 71.5 Å². The molecule has 3 aliphatic rings. The second kappa shape index (κ2) is 8.45. The molecular formula is C18H34N4O. The van der Waals surface area contributed by atoms with Gasteiger partial charge in [0.2, 0.25) is 5.91 Å². The van der Waals surface area contributed by atoms with Crippen molar-refractivity contribution in [2.24, 2.45) is 0 Å². The van der Waals surface area contributed by atoms with E-state index in [-0.39, 0.29) is 0 Å². The van der Waals surface area contributed by atoms with Crippen LogP contribution in [-0.4, -0.2) is 97.0 Å². The number of carbonyl (C=O) groups excluding carboxylic acids is 1. The van der Waals surface area contributed by atoms with Crippen LogP contribution in [0.2, 0.25) is 0 Å². The van der Waals surface area contributed by atoms with Crippen LogP contribution in [0, 0.1) is 0 Å². The summed E-state index contributed by atoms with van der Waals surface area (Å²) in [5.74, 6) is 0.379. The number of amides is 1. The third-order valence-electron chi connectivity index (χ3n) is 5.97. The Kier molecular flexibility index (Phi) is 6.31. The first-order chi connectivity index (χ1) is 11.3. The van der Waals surface area contributed by atoms with Crippen molar-refractivity contribution in [3.8, 4) is 0 Å². The molecule has 5 nitrogen and oxygen atoms in total. The Morgan fingerprint density at radius 3 is 2.35 bits per heavy atom. The smallest absolute Gasteiger partial charge is 0.223 e. The van der Waals surface area contributed by atoms with Crippen molar-refractivity contribution >= 4 is 5.91 Å². The first kappa shape index (κ1) is 17.2. The summed E-state index contributed by atoms with van der Waals surface area (Å²) < 4.78 is 0. The lowest BCUT2D eigenvalue weighted by atomic mass is 10.1. The van der Waals surface area contributed by atoms with Gasteiger partial charge in [-0.1, -0.05) is 6.92 Å². The van der Waals surface area contributed by atoms with Crippen molar-refractivity contribution in [1.82, 2.24) is 19.6 Å². The maximum atomic E-state index is 12.3. The maximum Gasteiger partial charge on any atom is 0.223 e. The van der Waals surface area contributed by atoms with Crippen molar-refractivity contribution < 1.29 is 4.79 Å². The summed E-state index contributed by atoms with van der Waals surface area (Å²) in [4.78, 5) is 22.1. The van der Waals surface area contributed by atoms with Gasteiger partial charge in [0.05, 0.1) is 0 Å². The van der Waals surface area contributed by atoms with Crippen molar-refractivity contribution in [1.29, 1.82) is 0 Å². The van der Waals surface area contributed by atoms with Crippen LogP contribution in [0.3, 0.4) is 0 Å². The number of piperidine rings is 1. The van der Waals surface area contributed by atoms with Gasteiger partial charge in [-0.3, -0.25) is 9.69 Å². The first-order valence-electron chi connectivity index (χ1n) is 9.73. The summed E-state index contributed by atoms with van der Waals surface area (Å²) >= 11 is 0. The Labute approximate surface area is 141 Å². The summed E-state index contributed by atoms with van der Waals surface area (Å²) in [7, 11) is 0. The summed E-state index contributed by atoms with van der Waals surface area (Å²) in [5.41, 5.74) is 0. The molecule has 0 unspecified atom stereocenters. The first-order valence-corrected chi connectivity index (χ1v) is 9.73. The second-order valence-corrected chi connectivity index (χ2v) is 7.40. The van der Waals surface area contributed by atoms with Crippen molar-refractivity contribution in [3.63, 3.8) is 0 Å². The zero-order chi connectivity index (χ0) is 16.1. The molecule has 0 saturated carbocycles. The molecule has 3 heterocycles. The molecule has 0 aliphatic carbocycles. The van der Waals surface area contributed by atoms with Crippen molar-refractivity contribution in [3.05, 3.63) is 0 Å². The van der Waals surface area contributed by atoms with E-state index in [9.17, 15) is 4.79 Å². The molecule has 5 heteroatoms. The fourth-order valence-electron chi connectivity index (χ4n) is 4.31. The molecule has 3 fully saturated rings. The average Bonchev–Trinajstić information content (AvgIpc) is 3.09. The zero-order valence-electron chi connectivity index (χ0n) is 14.9. The quantitative estimate of drug-likeness (QED) is 0.758. The Balaban J connectivity index is 1.36. The van der Waals surface area contributed by atoms with E-state index in [0.29, 0.717) is 5.91 Å². The van der Waals surface area contributed by atoms with E-state index < -0.39 is 0 Å². The van der Waals surface area contributed by atoms with Crippen LogP contribution < -0.4 is 0 Å². The predicted molar refractivity (Wildman–Crippen MR) is 93.6 cm³/mol. The lowest BCUT2D eigenvalue weighted by Gasteiger charge is -2.37. The normalized spacial score (nSPS) is 28.4. The minimum Gasteiger partial charge on any atom is -0.343 e. The van der Waals surface area contributed by atoms with Crippen LogP contribution in [0.15, 0.2) is 0 Å². The number of hydrogen-bond acceptors (Lipinski definition) is 4. The molecule has 0 radical (unpaired) electrons. The highest BCUT2D eigenvalue weighted by Crippen LogP contribution is 2.18. The van der Waals surface area contributed by atoms with Crippen LogP contribution in [-0.2, 0) is 4.79 Å². The molecule has 132 valence electrons. The molecule has 0 spiro atoms. The van der Waals surface area contributed by atoms with E-state index in [1.54, 1.807) is 0 Å². The standard InChI is InChI=1S/C18H34N4O/c1-2-19-12-14-21(15-13-19)17-6-10-20(16-17)11-7-18(23)22-8-4-3-5-9-22/h17H,2-16H2,1H3/t17-/m0/s1. The van der Waals surface area contributed by atoms with E-state index in [2.05, 4.69) is 26.5 Å². The van der Waals surface area contributed by atoms with Gasteiger partial charge in [-0.15, -0.1) is 0 Å². The molecule has 3 saturated heterocycles. The SMILES string of the molecule is CCN1CCN([C@H]2CCN(CCC(=O)N3CCCCC3)C2)CC1. The molecule has 3 rings (SSSR count). The Bertz CT molecular complexity index is 375. The molecule has 0 bridgehead atoms. The van der Waals surface area contributed by atoms with Gasteiger partial charge in [0, 0.05) is 64.8 Å². The second-order valence-electron chi connectivity index (χ2n) is 7.40. The van der Waals surface area contributed by atoms with Crippen molar-refractivity contribution in [2.45, 2.75) is 45.1 Å². The number of hydrogen-bond donors (Lipinski definition) is 0. The molecule has 0 aromatic heterocycles. The fraction of sp³-hybridized carbons (Fsp3) is 0.944. The zero-order valence-corrected chi connectivity index (χ0v) is 14.9. The minimum absolute atomic E-state index is 0.379. The summed E-state index contributed by atoms with van der Waals surface area (Å²) in [6.45, 7) is 13.6. The molecule has 1 amide bonds. The van der Waals surface area contributed by atoms with Gasteiger partial charge in [0.1, 0.15) is 0 Å². The van der Waals surface area contributed by atoms with Gasteiger partial charge in [0.25, 0.3) is 0 Å². The molecule has 1 atom stereocenters. The van der Waals surface area contributed by atoms with Gasteiger partial charge in [-0.25, -0.2) is 0 Å². The van der Waals surface area contributed by atoms with Crippen LogP contribution in [0.25, 0.3) is 0 Å². The number of likely N-dealkylation sites (N-methyl/N-ethyl adjacent to an activating group) is 1. The van der Waals surface area contributed by atoms with E-state index in [0.717, 1.165) is 32.1 Å². The van der Waals surface area contributed by atoms with Gasteiger partial charge in [0.15, 0.2) is 0 Å². The minimum atomic E-state index is 0.379. The van der Waals surface area contributed by atoms with E-state index in [4.69, 9.17) is 0 Å². The summed E-state index contributed by atoms with van der Waals surface area (Å²) in [5, 5.41) is 0. The number of likely N-dealkylation sites (tertiary alicyclic amines) is 2. The Morgan fingerprint density at radius 1 is 0.913 bits per heavy atom. The van der Waals surface area contributed by atoms with Gasteiger partial charge in [-0.05, 0) is 38.8 Å². The van der Waals surface area contributed by atoms with Gasteiger partial charge >= 0.3 is 0 Å². The van der Waals surface area contributed by atoms with Crippen LogP contribution in [0.5, 0.6) is 0 Å². The van der Waals surface area contributed by atoms with Crippen LogP contribution >= 0.6 is 0 Å². The number of rotatable bonds is 5. The Hall–Kier alpha value is -0.650. The third kappa shape index (κ3) is 4.68. The molecule has 0 aromatic carbocycles. The third-order valence-corrected chi connectivity index (χ3v) is 5.97. The Morgan fingerprint density at radius 2 is 1.65 bits per heavy atom. The number of nitrogens with zero attached hydrogens (tertiary/aromatic N) is 4. The molecule has 3 aliphatic heterocycles.